The van der Waals surface area contributed by atoms with Crippen LogP contribution in [0.3, 0.4) is 0 Å². The highest BCUT2D eigenvalue weighted by Gasteiger charge is 2.30. The van der Waals surface area contributed by atoms with Crippen LogP contribution in [-0.2, 0) is 22.4 Å². The van der Waals surface area contributed by atoms with Gasteiger partial charge in [-0.25, -0.2) is 4.79 Å². The monoisotopic (exact) mass is 383 g/mol. The van der Waals surface area contributed by atoms with Crippen LogP contribution < -0.4 is 14.8 Å². The number of carbonyl (C=O) groups excluding carboxylic acids is 2. The van der Waals surface area contributed by atoms with E-state index in [0.717, 1.165) is 11.1 Å². The summed E-state index contributed by atoms with van der Waals surface area (Å²) >= 11 is 0. The van der Waals surface area contributed by atoms with E-state index < -0.39 is 12.1 Å². The molecule has 1 aliphatic rings. The van der Waals surface area contributed by atoms with Crippen LogP contribution in [0.1, 0.15) is 35.3 Å². The number of cyclic esters (lactones) is 1. The normalized spacial score (nSPS) is 15.4. The highest BCUT2D eigenvalue weighted by Crippen LogP contribution is 2.28. The summed E-state index contributed by atoms with van der Waals surface area (Å²) in [7, 11) is 0. The van der Waals surface area contributed by atoms with E-state index in [2.05, 4.69) is 5.32 Å². The summed E-state index contributed by atoms with van der Waals surface area (Å²) in [5, 5.41) is 2.86. The minimum absolute atomic E-state index is 0.279. The van der Waals surface area contributed by atoms with Crippen molar-refractivity contribution in [2.45, 2.75) is 32.8 Å². The number of ether oxygens (including phenoxy) is 3. The second-order valence-electron chi connectivity index (χ2n) is 6.44. The zero-order chi connectivity index (χ0) is 19.9. The van der Waals surface area contributed by atoms with Crippen molar-refractivity contribution in [1.29, 1.82) is 0 Å². The molecule has 0 spiro atoms. The Morgan fingerprint density at radius 1 is 1.11 bits per heavy atom. The number of amides is 1. The Morgan fingerprint density at radius 3 is 2.64 bits per heavy atom. The number of hydrogen-bond acceptors (Lipinski definition) is 5. The van der Waals surface area contributed by atoms with Gasteiger partial charge in [0.15, 0.2) is 17.6 Å². The molecule has 0 aromatic heterocycles. The van der Waals surface area contributed by atoms with Crippen molar-refractivity contribution in [1.82, 2.24) is 5.32 Å². The Kier molecular flexibility index (Phi) is 6.53. The maximum absolute atomic E-state index is 12.4. The SMILES string of the molecule is CCOc1ccc(CCNC(=O)[C@H]2Cc3ccccc3C(=O)O2)cc1OCC. The maximum atomic E-state index is 12.4. The molecular weight excluding hydrogens is 358 g/mol. The summed E-state index contributed by atoms with van der Waals surface area (Å²) in [6.07, 6.45) is 0.238. The van der Waals surface area contributed by atoms with Gasteiger partial charge in [0.1, 0.15) is 0 Å². The lowest BCUT2D eigenvalue weighted by Crippen LogP contribution is -2.42. The van der Waals surface area contributed by atoms with E-state index in [0.29, 0.717) is 49.7 Å². The lowest BCUT2D eigenvalue weighted by molar-refractivity contribution is -0.130. The van der Waals surface area contributed by atoms with E-state index in [1.54, 1.807) is 12.1 Å². The average Bonchev–Trinajstić information content (AvgIpc) is 2.70. The summed E-state index contributed by atoms with van der Waals surface area (Å²) in [5.74, 6) is 0.685. The van der Waals surface area contributed by atoms with Crippen LogP contribution in [0.5, 0.6) is 11.5 Å². The third-order valence-corrected chi connectivity index (χ3v) is 4.51. The van der Waals surface area contributed by atoms with Crippen molar-refractivity contribution < 1.29 is 23.8 Å². The number of rotatable bonds is 8. The van der Waals surface area contributed by atoms with Crippen LogP contribution in [0.15, 0.2) is 42.5 Å². The first-order valence-electron chi connectivity index (χ1n) is 9.57. The van der Waals surface area contributed by atoms with E-state index in [-0.39, 0.29) is 5.91 Å². The van der Waals surface area contributed by atoms with Crippen LogP contribution in [0.25, 0.3) is 0 Å². The van der Waals surface area contributed by atoms with E-state index in [4.69, 9.17) is 14.2 Å². The molecule has 2 aromatic rings. The molecule has 2 aromatic carbocycles. The molecule has 6 nitrogen and oxygen atoms in total. The van der Waals surface area contributed by atoms with E-state index >= 15 is 0 Å². The van der Waals surface area contributed by atoms with E-state index in [1.807, 2.05) is 44.2 Å². The number of hydrogen-bond donors (Lipinski definition) is 1. The van der Waals surface area contributed by atoms with Crippen LogP contribution in [-0.4, -0.2) is 37.7 Å². The number of benzene rings is 2. The fourth-order valence-electron chi connectivity index (χ4n) is 3.17. The van der Waals surface area contributed by atoms with Crippen molar-refractivity contribution in [2.75, 3.05) is 19.8 Å². The minimum Gasteiger partial charge on any atom is -0.490 e. The lowest BCUT2D eigenvalue weighted by Gasteiger charge is -2.23. The van der Waals surface area contributed by atoms with Crippen LogP contribution >= 0.6 is 0 Å². The summed E-state index contributed by atoms with van der Waals surface area (Å²) in [5.41, 5.74) is 2.40. The molecule has 148 valence electrons. The van der Waals surface area contributed by atoms with Gasteiger partial charge in [0.25, 0.3) is 5.91 Å². The molecule has 0 saturated heterocycles. The fraction of sp³-hybridized carbons (Fsp3) is 0.364. The van der Waals surface area contributed by atoms with Crippen molar-refractivity contribution in [3.8, 4) is 11.5 Å². The first kappa shape index (κ1) is 19.7. The second-order valence-corrected chi connectivity index (χ2v) is 6.44. The van der Waals surface area contributed by atoms with Gasteiger partial charge in [-0.05, 0) is 49.6 Å². The Labute approximate surface area is 164 Å². The van der Waals surface area contributed by atoms with E-state index in [1.165, 1.54) is 0 Å². The number of fused-ring (bicyclic) bond motifs is 1. The molecule has 0 fully saturated rings. The predicted molar refractivity (Wildman–Crippen MR) is 105 cm³/mol. The predicted octanol–water partition coefficient (Wildman–Crippen LogP) is 2.92. The molecule has 0 aliphatic carbocycles. The highest BCUT2D eigenvalue weighted by molar-refractivity contribution is 5.95. The zero-order valence-electron chi connectivity index (χ0n) is 16.2. The Hall–Kier alpha value is -3.02. The fourth-order valence-corrected chi connectivity index (χ4v) is 3.17. The van der Waals surface area contributed by atoms with E-state index in [9.17, 15) is 9.59 Å². The average molecular weight is 383 g/mol. The topological polar surface area (TPSA) is 73.9 Å². The molecule has 6 heteroatoms. The van der Waals surface area contributed by atoms with Gasteiger partial charge in [-0.1, -0.05) is 24.3 Å². The van der Waals surface area contributed by atoms with Gasteiger partial charge in [0.2, 0.25) is 0 Å². The van der Waals surface area contributed by atoms with Gasteiger partial charge < -0.3 is 19.5 Å². The first-order chi connectivity index (χ1) is 13.6. The molecule has 28 heavy (non-hydrogen) atoms. The minimum atomic E-state index is -0.790. The van der Waals surface area contributed by atoms with Crippen LogP contribution in [0.4, 0.5) is 0 Å². The number of nitrogens with one attached hydrogen (secondary N) is 1. The summed E-state index contributed by atoms with van der Waals surface area (Å²) in [6.45, 7) is 5.41. The third-order valence-electron chi connectivity index (χ3n) is 4.51. The van der Waals surface area contributed by atoms with Crippen molar-refractivity contribution in [2.24, 2.45) is 0 Å². The van der Waals surface area contributed by atoms with Crippen molar-refractivity contribution in [3.63, 3.8) is 0 Å². The smallest absolute Gasteiger partial charge is 0.339 e. The summed E-state index contributed by atoms with van der Waals surface area (Å²) in [6, 6.07) is 13.0. The molecule has 0 saturated carbocycles. The highest BCUT2D eigenvalue weighted by atomic mass is 16.5. The standard InChI is InChI=1S/C22H25NO5/c1-3-26-18-10-9-15(13-19(18)27-4-2)11-12-23-21(24)20-14-16-7-5-6-8-17(16)22(25)28-20/h5-10,13,20H,3-4,11-12,14H2,1-2H3,(H,23,24)/t20-/m1/s1. The first-order valence-corrected chi connectivity index (χ1v) is 9.57. The Morgan fingerprint density at radius 2 is 1.86 bits per heavy atom. The van der Waals surface area contributed by atoms with Gasteiger partial charge >= 0.3 is 5.97 Å². The largest absolute Gasteiger partial charge is 0.490 e. The van der Waals surface area contributed by atoms with Crippen LogP contribution in [0.2, 0.25) is 0 Å². The molecule has 1 atom stereocenters. The van der Waals surface area contributed by atoms with Gasteiger partial charge in [0.05, 0.1) is 18.8 Å². The van der Waals surface area contributed by atoms with Crippen LogP contribution in [0, 0.1) is 0 Å². The maximum Gasteiger partial charge on any atom is 0.339 e. The van der Waals surface area contributed by atoms with Gasteiger partial charge in [-0.2, -0.15) is 0 Å². The van der Waals surface area contributed by atoms with Crippen molar-refractivity contribution in [3.05, 3.63) is 59.2 Å². The molecule has 1 amide bonds. The lowest BCUT2D eigenvalue weighted by atomic mass is 9.98. The van der Waals surface area contributed by atoms with Gasteiger partial charge in [-0.15, -0.1) is 0 Å². The summed E-state index contributed by atoms with van der Waals surface area (Å²) in [4.78, 5) is 24.5. The molecular formula is C22H25NO5. The number of esters is 1. The molecule has 0 radical (unpaired) electrons. The van der Waals surface area contributed by atoms with Gasteiger partial charge in [-0.3, -0.25) is 4.79 Å². The molecule has 1 aliphatic heterocycles. The van der Waals surface area contributed by atoms with Gasteiger partial charge in [0, 0.05) is 13.0 Å². The molecule has 1 heterocycles. The second kappa shape index (κ2) is 9.26. The quantitative estimate of drug-likeness (QED) is 0.710. The molecule has 0 bridgehead atoms. The molecule has 3 rings (SSSR count). The summed E-state index contributed by atoms with van der Waals surface area (Å²) < 4.78 is 16.5. The Balaban J connectivity index is 1.56. The third kappa shape index (κ3) is 4.63. The molecule has 0 unspecified atom stereocenters. The number of carbonyl (C=O) groups is 2. The molecule has 1 N–H and O–H groups in total. The van der Waals surface area contributed by atoms with Crippen molar-refractivity contribution >= 4 is 11.9 Å². The zero-order valence-corrected chi connectivity index (χ0v) is 16.2. The Bertz CT molecular complexity index is 849.